The van der Waals surface area contributed by atoms with Gasteiger partial charge in [-0.3, -0.25) is 0 Å². The van der Waals surface area contributed by atoms with Gasteiger partial charge in [0.15, 0.2) is 11.9 Å². The van der Waals surface area contributed by atoms with Gasteiger partial charge in [0, 0.05) is 16.6 Å². The zero-order valence-electron chi connectivity index (χ0n) is 18.8. The number of hydrogen-bond donors (Lipinski definition) is 3. The van der Waals surface area contributed by atoms with E-state index < -0.39 is 15.8 Å². The first-order valence-electron chi connectivity index (χ1n) is 10.6. The number of guanidine groups is 1. The third-order valence-corrected chi connectivity index (χ3v) is 8.35. The normalized spacial score (nSPS) is 15.9. The lowest BCUT2D eigenvalue weighted by Crippen LogP contribution is -2.43. The molecule has 0 saturated carbocycles. The molecule has 0 aromatic heterocycles. The van der Waals surface area contributed by atoms with Crippen LogP contribution in [0, 0.1) is 11.5 Å². The fourth-order valence-electron chi connectivity index (χ4n) is 4.51. The van der Waals surface area contributed by atoms with Crippen LogP contribution < -0.4 is 20.7 Å². The smallest absolute Gasteiger partial charge is 0.241 e. The van der Waals surface area contributed by atoms with Crippen LogP contribution >= 0.6 is 27.5 Å². The van der Waals surface area contributed by atoms with E-state index >= 15 is 0 Å². The van der Waals surface area contributed by atoms with Crippen molar-refractivity contribution in [2.75, 3.05) is 16.3 Å². The number of benzene rings is 2. The van der Waals surface area contributed by atoms with Crippen LogP contribution in [-0.2, 0) is 10.0 Å². The van der Waals surface area contributed by atoms with Gasteiger partial charge in [-0.05, 0) is 59.8 Å². The van der Waals surface area contributed by atoms with Crippen LogP contribution in [0.5, 0.6) is 5.75 Å². The van der Waals surface area contributed by atoms with E-state index in [2.05, 4.69) is 20.9 Å². The number of primary sulfonamides is 1. The molecule has 0 atom stereocenters. The number of sulfonamides is 1. The van der Waals surface area contributed by atoms with E-state index in [1.807, 2.05) is 24.9 Å². The monoisotopic (exact) mass is 568 g/mol. The van der Waals surface area contributed by atoms with Crippen molar-refractivity contribution in [2.24, 2.45) is 15.9 Å². The number of aromatic hydroxyl groups is 1. The third-order valence-electron chi connectivity index (χ3n) is 6.29. The van der Waals surface area contributed by atoms with E-state index in [1.54, 1.807) is 24.3 Å². The van der Waals surface area contributed by atoms with Gasteiger partial charge in [0.25, 0.3) is 0 Å². The second-order valence-corrected chi connectivity index (χ2v) is 10.8. The predicted molar refractivity (Wildman–Crippen MR) is 138 cm³/mol. The molecule has 0 aliphatic carbocycles. The Morgan fingerprint density at radius 1 is 1.38 bits per heavy atom. The predicted octanol–water partition coefficient (Wildman–Crippen LogP) is 4.55. The van der Waals surface area contributed by atoms with Crippen molar-refractivity contribution in [1.82, 2.24) is 0 Å². The van der Waals surface area contributed by atoms with Crippen LogP contribution in [0.15, 0.2) is 44.7 Å². The fraction of sp³-hybridized carbons (Fsp3) is 0.364. The number of aliphatic imine (C=N–C) groups is 1. The number of para-hydroxylation sites is 1. The summed E-state index contributed by atoms with van der Waals surface area (Å²) >= 11 is 9.77. The quantitative estimate of drug-likeness (QED) is 0.200. The summed E-state index contributed by atoms with van der Waals surface area (Å²) in [6.07, 6.45) is 5.04. The van der Waals surface area contributed by atoms with Crippen LogP contribution in [0.25, 0.3) is 0 Å². The average molecular weight is 570 g/mol. The number of phenolic OH excluding ortho intramolecular Hbond substituents is 1. The molecule has 3 rings (SSSR count). The molecule has 1 aliphatic heterocycles. The van der Waals surface area contributed by atoms with Gasteiger partial charge in [0.05, 0.1) is 10.7 Å². The average Bonchev–Trinajstić information content (AvgIpc) is 3.20. The van der Waals surface area contributed by atoms with E-state index in [1.165, 1.54) is 6.07 Å². The molecule has 0 spiro atoms. The van der Waals surface area contributed by atoms with Crippen LogP contribution in [0.1, 0.15) is 39.5 Å². The van der Waals surface area contributed by atoms with Gasteiger partial charge < -0.3 is 15.7 Å². The summed E-state index contributed by atoms with van der Waals surface area (Å²) in [5, 5.41) is 26.3. The number of phenols is 1. The maximum Gasteiger partial charge on any atom is 0.241 e. The summed E-state index contributed by atoms with van der Waals surface area (Å²) in [5.41, 5.74) is 6.13. The highest BCUT2D eigenvalue weighted by Gasteiger charge is 2.42. The molecule has 5 N–H and O–H groups in total. The van der Waals surface area contributed by atoms with Crippen molar-refractivity contribution in [3.8, 4) is 11.9 Å². The van der Waals surface area contributed by atoms with E-state index in [0.717, 1.165) is 30.6 Å². The van der Waals surface area contributed by atoms with Crippen molar-refractivity contribution in [2.45, 2.75) is 50.0 Å². The number of anilines is 2. The Labute approximate surface area is 212 Å². The Balaban J connectivity index is 2.25. The van der Waals surface area contributed by atoms with Crippen LogP contribution in [0.2, 0.25) is 5.02 Å². The molecule has 1 saturated heterocycles. The van der Waals surface area contributed by atoms with Crippen molar-refractivity contribution in [1.29, 1.82) is 5.26 Å². The molecular weight excluding hydrogens is 544 g/mol. The molecule has 34 heavy (non-hydrogen) atoms. The molecule has 0 radical (unpaired) electrons. The van der Waals surface area contributed by atoms with Crippen molar-refractivity contribution in [3.63, 3.8) is 0 Å². The fourth-order valence-corrected chi connectivity index (χ4v) is 6.29. The summed E-state index contributed by atoms with van der Waals surface area (Å²) in [5.74, 6) is -0.664. The lowest BCUT2D eigenvalue weighted by molar-refractivity contribution is 0.387. The van der Waals surface area contributed by atoms with Crippen molar-refractivity contribution in [3.05, 3.63) is 39.8 Å². The molecule has 0 bridgehead atoms. The first-order valence-corrected chi connectivity index (χ1v) is 13.4. The second-order valence-electron chi connectivity index (χ2n) is 7.99. The maximum atomic E-state index is 12.5. The first kappa shape index (κ1) is 26.1. The summed E-state index contributed by atoms with van der Waals surface area (Å²) in [6, 6.07) is 8.09. The Kier molecular flexibility index (Phi) is 7.67. The summed E-state index contributed by atoms with van der Waals surface area (Å²) in [4.78, 5) is 6.81. The van der Waals surface area contributed by atoms with Gasteiger partial charge in [0.2, 0.25) is 16.0 Å². The summed E-state index contributed by atoms with van der Waals surface area (Å²) < 4.78 is 25.6. The van der Waals surface area contributed by atoms with Gasteiger partial charge in [-0.15, -0.1) is 0 Å². The molecule has 1 aliphatic rings. The Hall–Kier alpha value is -2.52. The number of nitriles is 1. The van der Waals surface area contributed by atoms with Crippen LogP contribution in [-0.4, -0.2) is 31.6 Å². The number of hydrogen-bond acceptors (Lipinski definition) is 6. The van der Waals surface area contributed by atoms with E-state index in [4.69, 9.17) is 22.5 Å². The van der Waals surface area contributed by atoms with Crippen LogP contribution in [0.3, 0.4) is 0 Å². The van der Waals surface area contributed by atoms with Gasteiger partial charge in [-0.25, -0.2) is 23.4 Å². The maximum absolute atomic E-state index is 12.5. The lowest BCUT2D eigenvalue weighted by Gasteiger charge is -2.40. The molecule has 2 aromatic rings. The van der Waals surface area contributed by atoms with Crippen molar-refractivity contribution >= 4 is 60.6 Å². The zero-order valence-corrected chi connectivity index (χ0v) is 22.0. The topological polar surface area (TPSA) is 149 Å². The standard InChI is InChI=1S/C22H26BrClN6O3S/c1-3-22(4-2)10-7-11-30(22)18-19(31)16(12-15(24)20(18)34(27,32)33)28-21(26)29(13-25)17-9-6-5-8-14(17)23/h5-6,8-9,12,31H,3-4,7,10-11H2,1-2H3,(H2,26,28)(H2,27,32,33). The third kappa shape index (κ3) is 4.68. The molecule has 9 nitrogen and oxygen atoms in total. The van der Waals surface area contributed by atoms with E-state index in [0.29, 0.717) is 16.7 Å². The Morgan fingerprint density at radius 3 is 2.59 bits per heavy atom. The highest BCUT2D eigenvalue weighted by Crippen LogP contribution is 2.51. The van der Waals surface area contributed by atoms with E-state index in [9.17, 15) is 18.8 Å². The minimum atomic E-state index is -4.29. The second kappa shape index (κ2) is 10.00. The molecule has 12 heteroatoms. The molecule has 2 aromatic carbocycles. The molecule has 182 valence electrons. The highest BCUT2D eigenvalue weighted by atomic mass is 79.9. The minimum Gasteiger partial charge on any atom is -0.504 e. The van der Waals surface area contributed by atoms with Gasteiger partial charge in [-0.1, -0.05) is 37.6 Å². The van der Waals surface area contributed by atoms with Gasteiger partial charge >= 0.3 is 0 Å². The lowest BCUT2D eigenvalue weighted by atomic mass is 9.89. The zero-order chi connectivity index (χ0) is 25.3. The van der Waals surface area contributed by atoms with E-state index in [-0.39, 0.29) is 32.8 Å². The molecule has 0 amide bonds. The van der Waals surface area contributed by atoms with Gasteiger partial charge in [-0.2, -0.15) is 5.26 Å². The number of nitrogens with zero attached hydrogens (tertiary/aromatic N) is 4. The Bertz CT molecular complexity index is 1270. The van der Waals surface area contributed by atoms with Gasteiger partial charge in [0.1, 0.15) is 16.3 Å². The largest absolute Gasteiger partial charge is 0.504 e. The summed E-state index contributed by atoms with van der Waals surface area (Å²) in [7, 11) is -4.29. The number of rotatable bonds is 6. The number of halogens is 2. The van der Waals surface area contributed by atoms with Crippen LogP contribution in [0.4, 0.5) is 17.1 Å². The molecule has 0 unspecified atom stereocenters. The SMILES string of the molecule is CCC1(CC)CCCN1c1c(O)c(N=C(N)N(C#N)c2ccccc2Br)cc(Cl)c1S(N)(=O)=O. The molecule has 1 fully saturated rings. The summed E-state index contributed by atoms with van der Waals surface area (Å²) in [6.45, 7) is 4.54. The Morgan fingerprint density at radius 2 is 2.03 bits per heavy atom. The molecule has 1 heterocycles. The highest BCUT2D eigenvalue weighted by molar-refractivity contribution is 9.10. The minimum absolute atomic E-state index is 0.00662. The van der Waals surface area contributed by atoms with Crippen molar-refractivity contribution < 1.29 is 13.5 Å². The first-order chi connectivity index (χ1) is 16.0. The number of nitrogens with two attached hydrogens (primary N) is 2. The molecular formula is C22H26BrClN6O3S.